The smallest absolute Gasteiger partial charge is 0.204 e. The Morgan fingerprint density at radius 2 is 2.17 bits per heavy atom. The minimum absolute atomic E-state index is 0.670. The second-order valence-electron chi connectivity index (χ2n) is 4.54. The van der Waals surface area contributed by atoms with Crippen molar-refractivity contribution in [1.29, 1.82) is 0 Å². The lowest BCUT2D eigenvalue weighted by molar-refractivity contribution is 0.369. The standard InChI is InChI=1S/C12H19N5O/c1-9-5-11(18-15-9)8-13-6-10-7-14-12(16(2)3)17(10)4/h5,7,13H,6,8H2,1-4H3. The van der Waals surface area contributed by atoms with Gasteiger partial charge in [0.15, 0.2) is 5.76 Å². The summed E-state index contributed by atoms with van der Waals surface area (Å²) in [5, 5.41) is 7.16. The van der Waals surface area contributed by atoms with E-state index in [1.54, 1.807) is 0 Å². The lowest BCUT2D eigenvalue weighted by atomic mass is 10.3. The lowest BCUT2D eigenvalue weighted by Gasteiger charge is -2.12. The molecule has 0 aliphatic heterocycles. The highest BCUT2D eigenvalue weighted by atomic mass is 16.5. The number of hydrogen-bond donors (Lipinski definition) is 1. The maximum atomic E-state index is 5.13. The topological polar surface area (TPSA) is 59.1 Å². The summed E-state index contributed by atoms with van der Waals surface area (Å²) in [6, 6.07) is 1.93. The molecule has 2 aromatic heterocycles. The summed E-state index contributed by atoms with van der Waals surface area (Å²) in [5.41, 5.74) is 2.04. The molecule has 2 heterocycles. The van der Waals surface area contributed by atoms with Crippen molar-refractivity contribution in [2.45, 2.75) is 20.0 Å². The molecule has 0 amide bonds. The van der Waals surface area contributed by atoms with Crippen LogP contribution < -0.4 is 10.2 Å². The molecular weight excluding hydrogens is 230 g/mol. The number of nitrogens with one attached hydrogen (secondary N) is 1. The third-order valence-electron chi connectivity index (χ3n) is 2.74. The molecule has 98 valence electrons. The van der Waals surface area contributed by atoms with Crippen molar-refractivity contribution in [3.05, 3.63) is 29.4 Å². The molecule has 0 aliphatic rings. The molecule has 0 bridgehead atoms. The number of hydrogen-bond acceptors (Lipinski definition) is 5. The van der Waals surface area contributed by atoms with Gasteiger partial charge in [0.2, 0.25) is 5.95 Å². The quantitative estimate of drug-likeness (QED) is 0.859. The summed E-state index contributed by atoms with van der Waals surface area (Å²) in [5.74, 6) is 1.80. The monoisotopic (exact) mass is 249 g/mol. The van der Waals surface area contributed by atoms with Crippen LogP contribution in [0.25, 0.3) is 0 Å². The molecule has 0 atom stereocenters. The largest absolute Gasteiger partial charge is 0.360 e. The number of aryl methyl sites for hydroxylation is 1. The zero-order valence-corrected chi connectivity index (χ0v) is 11.3. The van der Waals surface area contributed by atoms with Crippen molar-refractivity contribution in [2.24, 2.45) is 7.05 Å². The second kappa shape index (κ2) is 5.22. The van der Waals surface area contributed by atoms with Gasteiger partial charge < -0.3 is 19.3 Å². The van der Waals surface area contributed by atoms with Gasteiger partial charge in [-0.05, 0) is 6.92 Å². The van der Waals surface area contributed by atoms with Crippen molar-refractivity contribution in [1.82, 2.24) is 20.0 Å². The van der Waals surface area contributed by atoms with Gasteiger partial charge in [0.05, 0.1) is 24.1 Å². The molecule has 6 heteroatoms. The van der Waals surface area contributed by atoms with Crippen LogP contribution in [0.2, 0.25) is 0 Å². The molecule has 0 spiro atoms. The van der Waals surface area contributed by atoms with E-state index >= 15 is 0 Å². The third-order valence-corrected chi connectivity index (χ3v) is 2.74. The lowest BCUT2D eigenvalue weighted by Crippen LogP contribution is -2.17. The summed E-state index contributed by atoms with van der Waals surface area (Å²) in [6.45, 7) is 3.33. The minimum atomic E-state index is 0.670. The first kappa shape index (κ1) is 12.6. The van der Waals surface area contributed by atoms with Gasteiger partial charge >= 0.3 is 0 Å². The molecule has 6 nitrogen and oxygen atoms in total. The predicted molar refractivity (Wildman–Crippen MR) is 69.3 cm³/mol. The third kappa shape index (κ3) is 2.70. The maximum Gasteiger partial charge on any atom is 0.204 e. The van der Waals surface area contributed by atoms with Gasteiger partial charge in [0, 0.05) is 33.8 Å². The molecule has 0 saturated heterocycles. The fraction of sp³-hybridized carbons (Fsp3) is 0.500. The average molecular weight is 249 g/mol. The number of aromatic nitrogens is 3. The first-order chi connectivity index (χ1) is 8.58. The summed E-state index contributed by atoms with van der Waals surface area (Å²) in [6.07, 6.45) is 1.88. The normalized spacial score (nSPS) is 10.9. The van der Waals surface area contributed by atoms with Crippen LogP contribution in [0.4, 0.5) is 5.95 Å². The van der Waals surface area contributed by atoms with Gasteiger partial charge in [-0.2, -0.15) is 0 Å². The first-order valence-electron chi connectivity index (χ1n) is 5.88. The molecule has 0 unspecified atom stereocenters. The summed E-state index contributed by atoms with van der Waals surface area (Å²) < 4.78 is 7.20. The Labute approximate surface area is 107 Å². The molecule has 0 radical (unpaired) electrons. The van der Waals surface area contributed by atoms with E-state index in [0.717, 1.165) is 29.6 Å². The second-order valence-corrected chi connectivity index (χ2v) is 4.54. The van der Waals surface area contributed by atoms with Gasteiger partial charge in [-0.25, -0.2) is 4.98 Å². The number of anilines is 1. The molecule has 0 fully saturated rings. The molecular formula is C12H19N5O. The SMILES string of the molecule is Cc1cc(CNCc2cnc(N(C)C)n2C)on1. The summed E-state index contributed by atoms with van der Waals surface area (Å²) in [4.78, 5) is 6.35. The van der Waals surface area contributed by atoms with Gasteiger partial charge in [0.1, 0.15) is 0 Å². The average Bonchev–Trinajstić information content (AvgIpc) is 2.87. The van der Waals surface area contributed by atoms with Crippen molar-refractivity contribution < 1.29 is 4.52 Å². The molecule has 18 heavy (non-hydrogen) atoms. The van der Waals surface area contributed by atoms with Crippen molar-refractivity contribution in [2.75, 3.05) is 19.0 Å². The Hall–Kier alpha value is -1.82. The van der Waals surface area contributed by atoms with E-state index in [-0.39, 0.29) is 0 Å². The number of rotatable bonds is 5. The van der Waals surface area contributed by atoms with Crippen LogP contribution in [-0.4, -0.2) is 28.8 Å². The summed E-state index contributed by atoms with van der Waals surface area (Å²) in [7, 11) is 5.98. The van der Waals surface area contributed by atoms with Gasteiger partial charge in [-0.3, -0.25) is 0 Å². The van der Waals surface area contributed by atoms with Crippen molar-refractivity contribution >= 4 is 5.95 Å². The fourth-order valence-corrected chi connectivity index (χ4v) is 1.83. The van der Waals surface area contributed by atoms with E-state index in [4.69, 9.17) is 4.52 Å². The van der Waals surface area contributed by atoms with E-state index in [0.29, 0.717) is 6.54 Å². The van der Waals surface area contributed by atoms with Crippen molar-refractivity contribution in [3.63, 3.8) is 0 Å². The highest BCUT2D eigenvalue weighted by Gasteiger charge is 2.08. The Kier molecular flexibility index (Phi) is 3.66. The summed E-state index contributed by atoms with van der Waals surface area (Å²) >= 11 is 0. The number of imidazole rings is 1. The van der Waals surface area contributed by atoms with E-state index < -0.39 is 0 Å². The van der Waals surface area contributed by atoms with Gasteiger partial charge in [-0.1, -0.05) is 5.16 Å². The van der Waals surface area contributed by atoms with Crippen LogP contribution >= 0.6 is 0 Å². The van der Waals surface area contributed by atoms with Crippen LogP contribution in [-0.2, 0) is 20.1 Å². The Morgan fingerprint density at radius 1 is 1.39 bits per heavy atom. The zero-order valence-electron chi connectivity index (χ0n) is 11.3. The van der Waals surface area contributed by atoms with E-state index in [2.05, 4.69) is 20.0 Å². The van der Waals surface area contributed by atoms with Crippen molar-refractivity contribution in [3.8, 4) is 0 Å². The van der Waals surface area contributed by atoms with Gasteiger partial charge in [-0.15, -0.1) is 0 Å². The van der Waals surface area contributed by atoms with Crippen LogP contribution in [0.3, 0.4) is 0 Å². The minimum Gasteiger partial charge on any atom is -0.360 e. The highest BCUT2D eigenvalue weighted by molar-refractivity contribution is 5.30. The van der Waals surface area contributed by atoms with Crippen LogP contribution in [0, 0.1) is 6.92 Å². The molecule has 0 aromatic carbocycles. The predicted octanol–water partition coefficient (Wildman–Crippen LogP) is 1.07. The number of nitrogens with zero attached hydrogens (tertiary/aromatic N) is 4. The van der Waals surface area contributed by atoms with E-state index in [9.17, 15) is 0 Å². The zero-order chi connectivity index (χ0) is 13.1. The molecule has 0 aliphatic carbocycles. The highest BCUT2D eigenvalue weighted by Crippen LogP contribution is 2.10. The van der Waals surface area contributed by atoms with E-state index in [1.165, 1.54) is 0 Å². The molecule has 2 rings (SSSR count). The Bertz CT molecular complexity index is 514. The molecule has 2 aromatic rings. The van der Waals surface area contributed by atoms with E-state index in [1.807, 2.05) is 45.2 Å². The molecule has 1 N–H and O–H groups in total. The van der Waals surface area contributed by atoms with Gasteiger partial charge in [0.25, 0.3) is 0 Å². The molecule has 0 saturated carbocycles. The van der Waals surface area contributed by atoms with Crippen LogP contribution in [0.1, 0.15) is 17.1 Å². The van der Waals surface area contributed by atoms with Crippen LogP contribution in [0.5, 0.6) is 0 Å². The Morgan fingerprint density at radius 3 is 2.72 bits per heavy atom. The fourth-order valence-electron chi connectivity index (χ4n) is 1.83. The van der Waals surface area contributed by atoms with Crippen LogP contribution in [0.15, 0.2) is 16.8 Å². The maximum absolute atomic E-state index is 5.13. The first-order valence-corrected chi connectivity index (χ1v) is 5.88. The Balaban J connectivity index is 1.90.